The topological polar surface area (TPSA) is 94.4 Å². The van der Waals surface area contributed by atoms with Crippen molar-refractivity contribution in [1.29, 1.82) is 0 Å². The number of nitrogens with zero attached hydrogens (tertiary/aromatic N) is 2. The Morgan fingerprint density at radius 2 is 2.33 bits per heavy atom. The van der Waals surface area contributed by atoms with Crippen molar-refractivity contribution >= 4 is 17.5 Å². The first kappa shape index (κ1) is 15.0. The van der Waals surface area contributed by atoms with E-state index in [9.17, 15) is 14.9 Å². The molecule has 1 N–H and O–H groups in total. The average Bonchev–Trinajstić information content (AvgIpc) is 2.52. The number of aromatic nitrogens is 1. The fourth-order valence-corrected chi connectivity index (χ4v) is 2.23. The number of rotatable bonds is 5. The standard InChI is InChI=1S/C14H17N3O4/c1-21-14(18)11-7-8-12(17(19)20)13(16-11)15-9-10-5-3-2-4-6-10/h2-3,7-8,10H,4-6,9H2,1H3,(H,15,16). The van der Waals surface area contributed by atoms with E-state index in [0.29, 0.717) is 12.5 Å². The molecule has 0 aliphatic heterocycles. The molecule has 2 rings (SSSR count). The van der Waals surface area contributed by atoms with Crippen LogP contribution >= 0.6 is 0 Å². The number of carbonyl (C=O) groups is 1. The van der Waals surface area contributed by atoms with Crippen molar-refractivity contribution < 1.29 is 14.5 Å². The zero-order valence-corrected chi connectivity index (χ0v) is 11.7. The molecule has 1 unspecified atom stereocenters. The number of hydrogen-bond donors (Lipinski definition) is 1. The first-order valence-electron chi connectivity index (χ1n) is 6.74. The molecular weight excluding hydrogens is 274 g/mol. The van der Waals surface area contributed by atoms with Gasteiger partial charge in [0.25, 0.3) is 0 Å². The number of anilines is 1. The summed E-state index contributed by atoms with van der Waals surface area (Å²) in [5, 5.41) is 14.0. The quantitative estimate of drug-likeness (QED) is 0.388. The number of esters is 1. The Bertz CT molecular complexity index is 571. The number of pyridine rings is 1. The van der Waals surface area contributed by atoms with Gasteiger partial charge in [0.15, 0.2) is 5.69 Å². The van der Waals surface area contributed by atoms with Gasteiger partial charge in [-0.1, -0.05) is 12.2 Å². The van der Waals surface area contributed by atoms with E-state index in [4.69, 9.17) is 0 Å². The monoisotopic (exact) mass is 291 g/mol. The number of nitro groups is 1. The van der Waals surface area contributed by atoms with Crippen LogP contribution in [0, 0.1) is 16.0 Å². The number of nitrogens with one attached hydrogen (secondary N) is 1. The molecule has 0 fully saturated rings. The van der Waals surface area contributed by atoms with E-state index in [1.54, 1.807) is 0 Å². The van der Waals surface area contributed by atoms with Crippen LogP contribution in [0.2, 0.25) is 0 Å². The molecule has 21 heavy (non-hydrogen) atoms. The first-order valence-corrected chi connectivity index (χ1v) is 6.74. The molecule has 1 atom stereocenters. The van der Waals surface area contributed by atoms with Crippen LogP contribution in [0.25, 0.3) is 0 Å². The minimum Gasteiger partial charge on any atom is -0.464 e. The van der Waals surface area contributed by atoms with Gasteiger partial charge in [0.2, 0.25) is 5.82 Å². The number of carbonyl (C=O) groups excluding carboxylic acids is 1. The summed E-state index contributed by atoms with van der Waals surface area (Å²) in [5.41, 5.74) is -0.0943. The van der Waals surface area contributed by atoms with Crippen molar-refractivity contribution in [3.05, 3.63) is 40.1 Å². The molecule has 1 aliphatic carbocycles. The van der Waals surface area contributed by atoms with Crippen LogP contribution in [-0.4, -0.2) is 29.5 Å². The minimum absolute atomic E-state index is 0.0501. The third-order valence-corrected chi connectivity index (χ3v) is 3.40. The zero-order chi connectivity index (χ0) is 15.2. The van der Waals surface area contributed by atoms with Crippen molar-refractivity contribution in [3.63, 3.8) is 0 Å². The van der Waals surface area contributed by atoms with Gasteiger partial charge in [0.1, 0.15) is 0 Å². The van der Waals surface area contributed by atoms with Gasteiger partial charge in [-0.3, -0.25) is 10.1 Å². The van der Waals surface area contributed by atoms with Gasteiger partial charge in [-0.25, -0.2) is 9.78 Å². The van der Waals surface area contributed by atoms with E-state index in [-0.39, 0.29) is 17.2 Å². The Kier molecular flexibility index (Phi) is 4.86. The molecule has 1 aromatic rings. The Morgan fingerprint density at radius 3 is 2.95 bits per heavy atom. The number of ether oxygens (including phenoxy) is 1. The van der Waals surface area contributed by atoms with E-state index in [0.717, 1.165) is 19.3 Å². The highest BCUT2D eigenvalue weighted by molar-refractivity contribution is 5.88. The summed E-state index contributed by atoms with van der Waals surface area (Å²) >= 11 is 0. The third kappa shape index (κ3) is 3.77. The van der Waals surface area contributed by atoms with Crippen molar-refractivity contribution in [2.24, 2.45) is 5.92 Å². The van der Waals surface area contributed by atoms with Gasteiger partial charge >= 0.3 is 11.7 Å². The fourth-order valence-electron chi connectivity index (χ4n) is 2.23. The maximum atomic E-state index is 11.5. The van der Waals surface area contributed by atoms with E-state index < -0.39 is 10.9 Å². The maximum Gasteiger partial charge on any atom is 0.356 e. The highest BCUT2D eigenvalue weighted by atomic mass is 16.6. The molecule has 0 amide bonds. The molecule has 112 valence electrons. The van der Waals surface area contributed by atoms with Crippen molar-refractivity contribution in [2.75, 3.05) is 19.0 Å². The summed E-state index contributed by atoms with van der Waals surface area (Å²) in [6.45, 7) is 0.586. The minimum atomic E-state index is -0.617. The lowest BCUT2D eigenvalue weighted by Gasteiger charge is -2.18. The smallest absolute Gasteiger partial charge is 0.356 e. The Hall–Kier alpha value is -2.44. The largest absolute Gasteiger partial charge is 0.464 e. The average molecular weight is 291 g/mol. The van der Waals surface area contributed by atoms with Crippen molar-refractivity contribution in [2.45, 2.75) is 19.3 Å². The molecule has 0 saturated carbocycles. The van der Waals surface area contributed by atoms with Gasteiger partial charge < -0.3 is 10.1 Å². The Labute approximate surface area is 122 Å². The summed E-state index contributed by atoms with van der Waals surface area (Å²) in [6.07, 6.45) is 7.24. The summed E-state index contributed by atoms with van der Waals surface area (Å²) in [5.74, 6) is -0.0933. The molecule has 0 aromatic carbocycles. The van der Waals surface area contributed by atoms with Gasteiger partial charge in [0.05, 0.1) is 12.0 Å². The van der Waals surface area contributed by atoms with Crippen LogP contribution in [-0.2, 0) is 4.74 Å². The van der Waals surface area contributed by atoms with Gasteiger partial charge in [0, 0.05) is 12.6 Å². The predicted octanol–water partition coefficient (Wildman–Crippen LogP) is 2.54. The van der Waals surface area contributed by atoms with Crippen LogP contribution in [0.4, 0.5) is 11.5 Å². The van der Waals surface area contributed by atoms with Gasteiger partial charge in [-0.15, -0.1) is 0 Å². The van der Waals surface area contributed by atoms with E-state index in [1.807, 2.05) is 0 Å². The Balaban J connectivity index is 2.15. The normalized spacial score (nSPS) is 17.3. The lowest BCUT2D eigenvalue weighted by atomic mass is 9.94. The van der Waals surface area contributed by atoms with Crippen LogP contribution in [0.3, 0.4) is 0 Å². The number of hydrogen-bond acceptors (Lipinski definition) is 6. The first-order chi connectivity index (χ1) is 10.1. The molecule has 1 aliphatic rings. The number of methoxy groups -OCH3 is 1. The molecule has 0 saturated heterocycles. The molecule has 1 aromatic heterocycles. The predicted molar refractivity (Wildman–Crippen MR) is 77.2 cm³/mol. The van der Waals surface area contributed by atoms with E-state index in [2.05, 4.69) is 27.2 Å². The lowest BCUT2D eigenvalue weighted by Crippen LogP contribution is -2.17. The molecule has 7 nitrogen and oxygen atoms in total. The number of allylic oxidation sites excluding steroid dienone is 2. The summed E-state index contributed by atoms with van der Waals surface area (Å²) < 4.78 is 4.58. The molecule has 0 radical (unpaired) electrons. The lowest BCUT2D eigenvalue weighted by molar-refractivity contribution is -0.384. The molecule has 0 bridgehead atoms. The second-order valence-electron chi connectivity index (χ2n) is 4.84. The van der Waals surface area contributed by atoms with Gasteiger partial charge in [-0.05, 0) is 31.2 Å². The fraction of sp³-hybridized carbons (Fsp3) is 0.429. The van der Waals surface area contributed by atoms with Gasteiger partial charge in [-0.2, -0.15) is 0 Å². The van der Waals surface area contributed by atoms with Crippen LogP contribution in [0.5, 0.6) is 0 Å². The highest BCUT2D eigenvalue weighted by Gasteiger charge is 2.20. The van der Waals surface area contributed by atoms with Crippen LogP contribution in [0.15, 0.2) is 24.3 Å². The zero-order valence-electron chi connectivity index (χ0n) is 11.7. The molecule has 0 spiro atoms. The Morgan fingerprint density at radius 1 is 1.52 bits per heavy atom. The summed E-state index contributed by atoms with van der Waals surface area (Å²) in [7, 11) is 1.24. The third-order valence-electron chi connectivity index (χ3n) is 3.40. The van der Waals surface area contributed by atoms with E-state index in [1.165, 1.54) is 19.2 Å². The van der Waals surface area contributed by atoms with Crippen LogP contribution < -0.4 is 5.32 Å². The molecular formula is C14H17N3O4. The second-order valence-corrected chi connectivity index (χ2v) is 4.84. The molecule has 7 heteroatoms. The summed E-state index contributed by atoms with van der Waals surface area (Å²) in [4.78, 5) is 26.0. The van der Waals surface area contributed by atoms with E-state index >= 15 is 0 Å². The molecule has 1 heterocycles. The SMILES string of the molecule is COC(=O)c1ccc([N+](=O)[O-])c(NCC2CC=CCC2)n1. The highest BCUT2D eigenvalue weighted by Crippen LogP contribution is 2.24. The van der Waals surface area contributed by atoms with Crippen molar-refractivity contribution in [3.8, 4) is 0 Å². The van der Waals surface area contributed by atoms with Crippen LogP contribution in [0.1, 0.15) is 29.8 Å². The maximum absolute atomic E-state index is 11.5. The van der Waals surface area contributed by atoms with Crippen molar-refractivity contribution in [1.82, 2.24) is 4.98 Å². The second kappa shape index (κ2) is 6.83. The summed E-state index contributed by atoms with van der Waals surface area (Å²) in [6, 6.07) is 2.56.